The van der Waals surface area contributed by atoms with Crippen LogP contribution in [0.15, 0.2) is 55.2 Å². The molecule has 4 aromatic rings. The smallest absolute Gasteiger partial charge is 0.227 e. The number of hydrogen-bond donors (Lipinski definition) is 1. The number of nitrogens with zero attached hydrogens (tertiary/aromatic N) is 6. The Hall–Kier alpha value is -3.39. The molecule has 1 atom stereocenters. The topological polar surface area (TPSA) is 80.4 Å². The molecule has 0 radical (unpaired) electrons. The second kappa shape index (κ2) is 7.88. The van der Waals surface area contributed by atoms with Crippen molar-refractivity contribution in [3.8, 4) is 11.1 Å². The highest BCUT2D eigenvalue weighted by Crippen LogP contribution is 2.41. The van der Waals surface area contributed by atoms with E-state index in [2.05, 4.69) is 31.5 Å². The molecule has 1 aromatic carbocycles. The molecule has 9 heteroatoms. The van der Waals surface area contributed by atoms with Crippen LogP contribution in [0.2, 0.25) is 5.02 Å². The molecule has 3 aromatic heterocycles. The molecule has 0 unspecified atom stereocenters. The van der Waals surface area contributed by atoms with Gasteiger partial charge in [-0.15, -0.1) is 0 Å². The predicted molar refractivity (Wildman–Crippen MR) is 126 cm³/mol. The van der Waals surface area contributed by atoms with Crippen molar-refractivity contribution in [1.29, 1.82) is 0 Å². The average Bonchev–Trinajstić information content (AvgIpc) is 3.37. The summed E-state index contributed by atoms with van der Waals surface area (Å²) in [5, 5.41) is 12.6. The Balaban J connectivity index is 1.16. The van der Waals surface area contributed by atoms with Gasteiger partial charge in [0, 0.05) is 48.7 Å². The number of amides is 1. The molecular weight excluding hydrogens is 438 g/mol. The van der Waals surface area contributed by atoms with E-state index in [1.807, 2.05) is 54.4 Å². The molecule has 1 saturated carbocycles. The number of fused-ring (bicyclic) bond motifs is 1. The van der Waals surface area contributed by atoms with Gasteiger partial charge in [0.15, 0.2) is 5.82 Å². The van der Waals surface area contributed by atoms with E-state index in [0.717, 1.165) is 40.9 Å². The normalized spacial score (nSPS) is 17.2. The third-order valence-electron chi connectivity index (χ3n) is 6.60. The molecule has 4 heterocycles. The zero-order chi connectivity index (χ0) is 22.5. The maximum Gasteiger partial charge on any atom is 0.227 e. The van der Waals surface area contributed by atoms with Gasteiger partial charge >= 0.3 is 0 Å². The molecule has 0 spiro atoms. The minimum atomic E-state index is -0.0543. The molecular formula is C24H24ClN7O. The summed E-state index contributed by atoms with van der Waals surface area (Å²) in [7, 11) is 1.90. The van der Waals surface area contributed by atoms with Crippen LogP contribution in [0.4, 0.5) is 5.82 Å². The summed E-state index contributed by atoms with van der Waals surface area (Å²) in [6.45, 7) is 1.29. The SMILES string of the molecule is Cn1cc(-c2cc3c(N4CC(C(=O)N[C@H](c5ccc(Cl)cc5)C5CC5)C4)ncnn3c2)cn1. The highest BCUT2D eigenvalue weighted by Gasteiger charge is 2.39. The first-order chi connectivity index (χ1) is 16.0. The number of halogens is 1. The Morgan fingerprint density at radius 1 is 1.12 bits per heavy atom. The monoisotopic (exact) mass is 461 g/mol. The van der Waals surface area contributed by atoms with E-state index in [4.69, 9.17) is 11.6 Å². The van der Waals surface area contributed by atoms with E-state index in [9.17, 15) is 4.79 Å². The van der Waals surface area contributed by atoms with Gasteiger partial charge in [0.25, 0.3) is 0 Å². The fourth-order valence-electron chi connectivity index (χ4n) is 4.55. The van der Waals surface area contributed by atoms with E-state index in [1.165, 1.54) is 0 Å². The number of benzene rings is 1. The van der Waals surface area contributed by atoms with Crippen molar-refractivity contribution in [3.63, 3.8) is 0 Å². The van der Waals surface area contributed by atoms with E-state index < -0.39 is 0 Å². The van der Waals surface area contributed by atoms with Crippen LogP contribution in [0.25, 0.3) is 16.6 Å². The zero-order valence-electron chi connectivity index (χ0n) is 18.2. The molecule has 168 valence electrons. The Morgan fingerprint density at radius 2 is 1.91 bits per heavy atom. The molecule has 1 N–H and O–H groups in total. The minimum Gasteiger partial charge on any atom is -0.353 e. The van der Waals surface area contributed by atoms with Crippen LogP contribution in [-0.4, -0.2) is 43.4 Å². The molecule has 1 aliphatic carbocycles. The number of aromatic nitrogens is 5. The Labute approximate surface area is 196 Å². The molecule has 2 aliphatic rings. The summed E-state index contributed by atoms with van der Waals surface area (Å²) < 4.78 is 3.61. The van der Waals surface area contributed by atoms with Crippen LogP contribution < -0.4 is 10.2 Å². The first-order valence-corrected chi connectivity index (χ1v) is 11.6. The summed E-state index contributed by atoms with van der Waals surface area (Å²) in [6, 6.07) is 9.94. The van der Waals surface area contributed by atoms with Gasteiger partial charge in [-0.1, -0.05) is 23.7 Å². The summed E-state index contributed by atoms with van der Waals surface area (Å²) in [5.41, 5.74) is 4.12. The quantitative estimate of drug-likeness (QED) is 0.475. The molecule has 8 nitrogen and oxygen atoms in total. The summed E-state index contributed by atoms with van der Waals surface area (Å²) in [5.74, 6) is 1.41. The molecule has 1 aliphatic heterocycles. The Morgan fingerprint density at radius 3 is 2.61 bits per heavy atom. The maximum atomic E-state index is 13.0. The third kappa shape index (κ3) is 3.84. The molecule has 33 heavy (non-hydrogen) atoms. The number of hydrogen-bond acceptors (Lipinski definition) is 5. The van der Waals surface area contributed by atoms with E-state index in [1.54, 1.807) is 11.0 Å². The van der Waals surface area contributed by atoms with Crippen LogP contribution >= 0.6 is 11.6 Å². The fourth-order valence-corrected chi connectivity index (χ4v) is 4.68. The number of carbonyl (C=O) groups is 1. The summed E-state index contributed by atoms with van der Waals surface area (Å²) in [6.07, 6.45) is 9.65. The van der Waals surface area contributed by atoms with Gasteiger partial charge in [-0.2, -0.15) is 10.2 Å². The molecule has 2 fully saturated rings. The minimum absolute atomic E-state index is 0.0543. The van der Waals surface area contributed by atoms with E-state index in [-0.39, 0.29) is 17.9 Å². The summed E-state index contributed by atoms with van der Waals surface area (Å²) >= 11 is 6.04. The van der Waals surface area contributed by atoms with Gasteiger partial charge in [0.1, 0.15) is 11.8 Å². The first kappa shape index (κ1) is 20.2. The van der Waals surface area contributed by atoms with Crippen molar-refractivity contribution in [1.82, 2.24) is 29.7 Å². The second-order valence-corrected chi connectivity index (χ2v) is 9.46. The van der Waals surface area contributed by atoms with Crippen molar-refractivity contribution in [2.45, 2.75) is 18.9 Å². The Bertz CT molecular complexity index is 1320. The van der Waals surface area contributed by atoms with Gasteiger partial charge < -0.3 is 10.2 Å². The van der Waals surface area contributed by atoms with Crippen LogP contribution in [0.5, 0.6) is 0 Å². The number of aryl methyl sites for hydroxylation is 1. The Kier molecular flexibility index (Phi) is 4.83. The van der Waals surface area contributed by atoms with Crippen molar-refractivity contribution in [3.05, 3.63) is 65.8 Å². The van der Waals surface area contributed by atoms with Crippen molar-refractivity contribution >= 4 is 28.8 Å². The fraction of sp³-hybridized carbons (Fsp3) is 0.333. The van der Waals surface area contributed by atoms with Gasteiger partial charge in [-0.05, 0) is 42.5 Å². The van der Waals surface area contributed by atoms with Gasteiger partial charge in [-0.3, -0.25) is 9.48 Å². The zero-order valence-corrected chi connectivity index (χ0v) is 19.0. The second-order valence-electron chi connectivity index (χ2n) is 9.02. The van der Waals surface area contributed by atoms with E-state index >= 15 is 0 Å². The van der Waals surface area contributed by atoms with Gasteiger partial charge in [-0.25, -0.2) is 9.50 Å². The lowest BCUT2D eigenvalue weighted by molar-refractivity contribution is -0.126. The predicted octanol–water partition coefficient (Wildman–Crippen LogP) is 3.49. The summed E-state index contributed by atoms with van der Waals surface area (Å²) in [4.78, 5) is 19.7. The number of carbonyl (C=O) groups excluding carboxylic acids is 1. The van der Waals surface area contributed by atoms with Gasteiger partial charge in [0.2, 0.25) is 5.91 Å². The standard InChI is InChI=1S/C24H24ClN7O/c1-30-10-18(9-27-30)17-8-21-23(26-14-28-32(21)13-17)31-11-19(12-31)24(33)29-22(15-2-3-15)16-4-6-20(25)7-5-16/h4-10,13-15,19,22H,2-3,11-12H2,1H3,(H,29,33)/t22-/m0/s1. The number of rotatable bonds is 6. The van der Waals surface area contributed by atoms with Crippen molar-refractivity contribution in [2.24, 2.45) is 18.9 Å². The molecule has 6 rings (SSSR count). The highest BCUT2D eigenvalue weighted by atomic mass is 35.5. The molecule has 1 saturated heterocycles. The van der Waals surface area contributed by atoms with Gasteiger partial charge in [0.05, 0.1) is 18.2 Å². The number of nitrogens with one attached hydrogen (secondary N) is 1. The van der Waals surface area contributed by atoms with Crippen molar-refractivity contribution in [2.75, 3.05) is 18.0 Å². The largest absolute Gasteiger partial charge is 0.353 e. The van der Waals surface area contributed by atoms with Crippen molar-refractivity contribution < 1.29 is 4.79 Å². The van der Waals surface area contributed by atoms with Crippen LogP contribution in [0.3, 0.4) is 0 Å². The lowest BCUT2D eigenvalue weighted by Crippen LogP contribution is -2.54. The third-order valence-corrected chi connectivity index (χ3v) is 6.85. The van der Waals surface area contributed by atoms with Crippen LogP contribution in [0.1, 0.15) is 24.4 Å². The lowest BCUT2D eigenvalue weighted by atomic mass is 9.96. The molecule has 1 amide bonds. The maximum absolute atomic E-state index is 13.0. The van der Waals surface area contributed by atoms with Crippen LogP contribution in [-0.2, 0) is 11.8 Å². The van der Waals surface area contributed by atoms with E-state index in [0.29, 0.717) is 24.0 Å². The highest BCUT2D eigenvalue weighted by molar-refractivity contribution is 6.30. The number of anilines is 1. The lowest BCUT2D eigenvalue weighted by Gasteiger charge is -2.39. The first-order valence-electron chi connectivity index (χ1n) is 11.2. The average molecular weight is 462 g/mol. The van der Waals surface area contributed by atoms with Crippen LogP contribution in [0, 0.1) is 11.8 Å². The molecule has 0 bridgehead atoms.